The van der Waals surface area contributed by atoms with Crippen LogP contribution in [-0.2, 0) is 15.9 Å². The molecule has 1 aromatic rings. The third kappa shape index (κ3) is 8.78. The molecule has 0 aromatic heterocycles. The largest absolute Gasteiger partial charge is 0.389 e. The highest BCUT2D eigenvalue weighted by molar-refractivity contribution is 5.17. The monoisotopic (exact) mass is 299 g/mol. The van der Waals surface area contributed by atoms with E-state index >= 15 is 0 Å². The molecule has 0 heterocycles. The normalized spacial score (nSPS) is 12.8. The van der Waals surface area contributed by atoms with Crippen molar-refractivity contribution in [2.45, 2.75) is 32.5 Å². The lowest BCUT2D eigenvalue weighted by Gasteiger charge is -2.13. The van der Waals surface area contributed by atoms with E-state index in [1.165, 1.54) is 6.07 Å². The predicted molar refractivity (Wildman–Crippen MR) is 80.9 cm³/mol. The van der Waals surface area contributed by atoms with Crippen molar-refractivity contribution in [3.05, 3.63) is 35.6 Å². The van der Waals surface area contributed by atoms with E-state index < -0.39 is 6.10 Å². The summed E-state index contributed by atoms with van der Waals surface area (Å²) in [6.45, 7) is 6.26. The molecular formula is C16H26FNO3. The van der Waals surface area contributed by atoms with Crippen molar-refractivity contribution in [3.8, 4) is 0 Å². The first-order valence-electron chi connectivity index (χ1n) is 7.41. The highest BCUT2D eigenvalue weighted by Crippen LogP contribution is 2.06. The van der Waals surface area contributed by atoms with Gasteiger partial charge >= 0.3 is 0 Å². The number of hydrogen-bond acceptors (Lipinski definition) is 4. The molecule has 0 amide bonds. The van der Waals surface area contributed by atoms with Crippen LogP contribution in [0.15, 0.2) is 24.3 Å². The fourth-order valence-corrected chi connectivity index (χ4v) is 1.81. The standard InChI is InChI=1S/C16H26FNO3/c1-13(2)21-10-9-20-12-15(19)11-18-8-7-14-5-3-4-6-16(14)17/h3-6,13,15,18-19H,7-12H2,1-2H3. The first-order chi connectivity index (χ1) is 10.1. The molecular weight excluding hydrogens is 273 g/mol. The van der Waals surface area contributed by atoms with Gasteiger partial charge in [0.2, 0.25) is 0 Å². The van der Waals surface area contributed by atoms with Crippen molar-refractivity contribution in [2.24, 2.45) is 0 Å². The van der Waals surface area contributed by atoms with Crippen LogP contribution in [0, 0.1) is 5.82 Å². The summed E-state index contributed by atoms with van der Waals surface area (Å²) in [4.78, 5) is 0. The molecule has 0 aliphatic rings. The van der Waals surface area contributed by atoms with Gasteiger partial charge in [-0.05, 0) is 38.4 Å². The van der Waals surface area contributed by atoms with Crippen LogP contribution in [0.3, 0.4) is 0 Å². The molecule has 0 aliphatic carbocycles. The second kappa shape index (κ2) is 10.7. The van der Waals surface area contributed by atoms with Gasteiger partial charge in [0, 0.05) is 6.54 Å². The van der Waals surface area contributed by atoms with Gasteiger partial charge in [-0.1, -0.05) is 18.2 Å². The highest BCUT2D eigenvalue weighted by atomic mass is 19.1. The Morgan fingerprint density at radius 1 is 1.24 bits per heavy atom. The summed E-state index contributed by atoms with van der Waals surface area (Å²) in [6.07, 6.45) is 0.228. The summed E-state index contributed by atoms with van der Waals surface area (Å²) in [7, 11) is 0. The Balaban J connectivity index is 2.01. The van der Waals surface area contributed by atoms with Crippen LogP contribution in [0.2, 0.25) is 0 Å². The fraction of sp³-hybridized carbons (Fsp3) is 0.625. The predicted octanol–water partition coefficient (Wildman–Crippen LogP) is 1.76. The van der Waals surface area contributed by atoms with Gasteiger partial charge < -0.3 is 19.9 Å². The van der Waals surface area contributed by atoms with Crippen molar-refractivity contribution in [1.82, 2.24) is 5.32 Å². The lowest BCUT2D eigenvalue weighted by Crippen LogP contribution is -2.32. The zero-order chi connectivity index (χ0) is 15.5. The van der Waals surface area contributed by atoms with Gasteiger partial charge in [0.1, 0.15) is 5.82 Å². The molecule has 0 saturated carbocycles. The Labute approximate surface area is 126 Å². The van der Waals surface area contributed by atoms with Gasteiger partial charge in [-0.15, -0.1) is 0 Å². The van der Waals surface area contributed by atoms with E-state index in [0.717, 1.165) is 0 Å². The molecule has 0 saturated heterocycles. The van der Waals surface area contributed by atoms with Crippen LogP contribution >= 0.6 is 0 Å². The number of hydrogen-bond donors (Lipinski definition) is 2. The average Bonchev–Trinajstić information content (AvgIpc) is 2.44. The first-order valence-corrected chi connectivity index (χ1v) is 7.41. The number of aliphatic hydroxyl groups is 1. The molecule has 0 aliphatic heterocycles. The minimum absolute atomic E-state index is 0.187. The van der Waals surface area contributed by atoms with Crippen LogP contribution < -0.4 is 5.32 Å². The van der Waals surface area contributed by atoms with E-state index in [1.54, 1.807) is 12.1 Å². The van der Waals surface area contributed by atoms with Gasteiger partial charge in [-0.25, -0.2) is 4.39 Å². The zero-order valence-corrected chi connectivity index (χ0v) is 12.8. The maximum absolute atomic E-state index is 13.4. The molecule has 0 spiro atoms. The van der Waals surface area contributed by atoms with Crippen LogP contribution in [0.25, 0.3) is 0 Å². The molecule has 0 fully saturated rings. The van der Waals surface area contributed by atoms with Crippen molar-refractivity contribution in [2.75, 3.05) is 32.9 Å². The summed E-state index contributed by atoms with van der Waals surface area (Å²) in [5.41, 5.74) is 0.682. The number of halogens is 1. The Hall–Kier alpha value is -1.01. The van der Waals surface area contributed by atoms with E-state index in [1.807, 2.05) is 19.9 Å². The van der Waals surface area contributed by atoms with E-state index in [2.05, 4.69) is 5.32 Å². The lowest BCUT2D eigenvalue weighted by molar-refractivity contribution is -0.00989. The maximum atomic E-state index is 13.4. The molecule has 120 valence electrons. The molecule has 4 nitrogen and oxygen atoms in total. The van der Waals surface area contributed by atoms with E-state index in [9.17, 15) is 9.50 Å². The molecule has 1 atom stereocenters. The zero-order valence-electron chi connectivity index (χ0n) is 12.8. The maximum Gasteiger partial charge on any atom is 0.126 e. The average molecular weight is 299 g/mol. The minimum atomic E-state index is -0.565. The van der Waals surface area contributed by atoms with Crippen LogP contribution in [0.1, 0.15) is 19.4 Å². The van der Waals surface area contributed by atoms with Crippen LogP contribution in [-0.4, -0.2) is 50.2 Å². The second-order valence-electron chi connectivity index (χ2n) is 5.19. The van der Waals surface area contributed by atoms with Gasteiger partial charge in [0.15, 0.2) is 0 Å². The van der Waals surface area contributed by atoms with Crippen molar-refractivity contribution < 1.29 is 19.0 Å². The van der Waals surface area contributed by atoms with Crippen LogP contribution in [0.4, 0.5) is 4.39 Å². The van der Waals surface area contributed by atoms with Crippen molar-refractivity contribution in [3.63, 3.8) is 0 Å². The van der Waals surface area contributed by atoms with Crippen molar-refractivity contribution >= 4 is 0 Å². The summed E-state index contributed by atoms with van der Waals surface area (Å²) in [6, 6.07) is 6.72. The smallest absolute Gasteiger partial charge is 0.126 e. The molecule has 1 aromatic carbocycles. The van der Waals surface area contributed by atoms with E-state index in [0.29, 0.717) is 38.3 Å². The fourth-order valence-electron chi connectivity index (χ4n) is 1.81. The topological polar surface area (TPSA) is 50.7 Å². The second-order valence-corrected chi connectivity index (χ2v) is 5.19. The van der Waals surface area contributed by atoms with Crippen molar-refractivity contribution in [1.29, 1.82) is 0 Å². The molecule has 5 heteroatoms. The highest BCUT2D eigenvalue weighted by Gasteiger charge is 2.05. The number of aliphatic hydroxyl groups excluding tert-OH is 1. The Bertz CT molecular complexity index is 388. The van der Waals surface area contributed by atoms with Gasteiger partial charge in [-0.2, -0.15) is 0 Å². The molecule has 1 rings (SSSR count). The number of rotatable bonds is 11. The molecule has 21 heavy (non-hydrogen) atoms. The van der Waals surface area contributed by atoms with E-state index in [4.69, 9.17) is 9.47 Å². The number of ether oxygens (including phenoxy) is 2. The Morgan fingerprint density at radius 2 is 2.00 bits per heavy atom. The summed E-state index contributed by atoms with van der Waals surface area (Å²) < 4.78 is 24.0. The Morgan fingerprint density at radius 3 is 2.71 bits per heavy atom. The third-order valence-electron chi connectivity index (χ3n) is 2.90. The Kier molecular flexibility index (Phi) is 9.17. The minimum Gasteiger partial charge on any atom is -0.389 e. The van der Waals surface area contributed by atoms with E-state index in [-0.39, 0.29) is 18.5 Å². The lowest BCUT2D eigenvalue weighted by atomic mass is 10.1. The van der Waals surface area contributed by atoms with Gasteiger partial charge in [0.05, 0.1) is 32.0 Å². The molecule has 0 bridgehead atoms. The third-order valence-corrected chi connectivity index (χ3v) is 2.90. The van der Waals surface area contributed by atoms with Crippen LogP contribution in [0.5, 0.6) is 0 Å². The summed E-state index contributed by atoms with van der Waals surface area (Å²) in [5.74, 6) is -0.187. The number of benzene rings is 1. The number of nitrogens with one attached hydrogen (secondary N) is 1. The molecule has 1 unspecified atom stereocenters. The van der Waals surface area contributed by atoms with Gasteiger partial charge in [-0.3, -0.25) is 0 Å². The molecule has 0 radical (unpaired) electrons. The first kappa shape index (κ1) is 18.0. The summed E-state index contributed by atoms with van der Waals surface area (Å²) in [5, 5.41) is 12.8. The van der Waals surface area contributed by atoms with Gasteiger partial charge in [0.25, 0.3) is 0 Å². The summed E-state index contributed by atoms with van der Waals surface area (Å²) >= 11 is 0. The molecule has 2 N–H and O–H groups in total. The quantitative estimate of drug-likeness (QED) is 0.611. The SMILES string of the molecule is CC(C)OCCOCC(O)CNCCc1ccccc1F.